The normalized spacial score (nSPS) is 18.1. The molecule has 9 heteroatoms. The van der Waals surface area contributed by atoms with Crippen LogP contribution in [0, 0.1) is 10.1 Å². The molecule has 9 nitrogen and oxygen atoms in total. The lowest BCUT2D eigenvalue weighted by atomic mass is 9.92. The van der Waals surface area contributed by atoms with Gasteiger partial charge in [-0.05, 0) is 47.6 Å². The number of carbonyl (C=O) groups excluding carboxylic acids is 3. The van der Waals surface area contributed by atoms with Crippen LogP contribution >= 0.6 is 0 Å². The summed E-state index contributed by atoms with van der Waals surface area (Å²) in [5, 5.41) is 16.4. The summed E-state index contributed by atoms with van der Waals surface area (Å²) < 4.78 is 0. The van der Waals surface area contributed by atoms with Gasteiger partial charge in [0, 0.05) is 17.8 Å². The third-order valence-electron chi connectivity index (χ3n) is 5.87. The number of non-ortho nitro benzene ring substituents is 1. The molecule has 33 heavy (non-hydrogen) atoms. The van der Waals surface area contributed by atoms with E-state index >= 15 is 0 Å². The zero-order valence-corrected chi connectivity index (χ0v) is 19.3. The van der Waals surface area contributed by atoms with E-state index in [1.54, 1.807) is 0 Å². The van der Waals surface area contributed by atoms with E-state index in [0.717, 1.165) is 16.0 Å². The van der Waals surface area contributed by atoms with Crippen LogP contribution in [0.5, 0.6) is 0 Å². The summed E-state index contributed by atoms with van der Waals surface area (Å²) in [6.45, 7) is 9.18. The number of imide groups is 1. The zero-order valence-electron chi connectivity index (χ0n) is 19.3. The van der Waals surface area contributed by atoms with Crippen LogP contribution in [0.2, 0.25) is 0 Å². The molecule has 0 unspecified atom stereocenters. The molecule has 0 bridgehead atoms. The van der Waals surface area contributed by atoms with Crippen LogP contribution in [-0.4, -0.2) is 34.2 Å². The van der Waals surface area contributed by atoms with Crippen molar-refractivity contribution >= 4 is 29.2 Å². The Labute approximate surface area is 192 Å². The van der Waals surface area contributed by atoms with Crippen molar-refractivity contribution in [2.75, 3.05) is 11.9 Å². The van der Waals surface area contributed by atoms with Crippen molar-refractivity contribution in [3.63, 3.8) is 0 Å². The van der Waals surface area contributed by atoms with Gasteiger partial charge in [-0.2, -0.15) is 0 Å². The number of amides is 4. The van der Waals surface area contributed by atoms with E-state index in [2.05, 4.69) is 10.6 Å². The third-order valence-corrected chi connectivity index (χ3v) is 5.87. The van der Waals surface area contributed by atoms with Crippen LogP contribution in [0.1, 0.15) is 63.1 Å². The van der Waals surface area contributed by atoms with Gasteiger partial charge >= 0.3 is 6.03 Å². The number of nitrogens with one attached hydrogen (secondary N) is 2. The Morgan fingerprint density at radius 2 is 1.61 bits per heavy atom. The Balaban J connectivity index is 1.82. The molecule has 0 spiro atoms. The quantitative estimate of drug-likeness (QED) is 0.369. The molecule has 0 aliphatic carbocycles. The Bertz CT molecular complexity index is 1080. The smallest absolute Gasteiger partial charge is 0.324 e. The maximum absolute atomic E-state index is 13.1. The lowest BCUT2D eigenvalue weighted by Crippen LogP contribution is -2.42. The van der Waals surface area contributed by atoms with Crippen molar-refractivity contribution in [1.29, 1.82) is 0 Å². The largest absolute Gasteiger partial charge is 0.325 e. The van der Waals surface area contributed by atoms with Gasteiger partial charge in [-0.3, -0.25) is 24.6 Å². The molecule has 0 aromatic heterocycles. The summed E-state index contributed by atoms with van der Waals surface area (Å²) in [6, 6.07) is 10.5. The molecule has 1 aliphatic heterocycles. The SMILES string of the molecule is CC(C)c1cccc(C(C)C)c1NC(=O)CN1C(=O)N[C@](C)(c2ccc([N+](=O)[O-])cc2)C1=O. The summed E-state index contributed by atoms with van der Waals surface area (Å²) in [5.41, 5.74) is 1.50. The summed E-state index contributed by atoms with van der Waals surface area (Å²) in [4.78, 5) is 49.9. The Kier molecular flexibility index (Phi) is 6.53. The first-order valence-corrected chi connectivity index (χ1v) is 10.8. The number of nitro benzene ring substituents is 1. The molecular weight excluding hydrogens is 424 g/mol. The first kappa shape index (κ1) is 23.9. The monoisotopic (exact) mass is 452 g/mol. The fourth-order valence-electron chi connectivity index (χ4n) is 3.97. The van der Waals surface area contributed by atoms with Gasteiger partial charge in [0.1, 0.15) is 12.1 Å². The molecule has 2 aromatic carbocycles. The van der Waals surface area contributed by atoms with Gasteiger partial charge in [0.25, 0.3) is 11.6 Å². The van der Waals surface area contributed by atoms with Crippen molar-refractivity contribution in [2.45, 2.75) is 52.0 Å². The predicted molar refractivity (Wildman–Crippen MR) is 124 cm³/mol. The minimum Gasteiger partial charge on any atom is -0.324 e. The second-order valence-electron chi connectivity index (χ2n) is 8.92. The first-order chi connectivity index (χ1) is 15.5. The average molecular weight is 453 g/mol. The topological polar surface area (TPSA) is 122 Å². The number of benzene rings is 2. The Morgan fingerprint density at radius 3 is 2.09 bits per heavy atom. The Hall–Kier alpha value is -3.75. The number of carbonyl (C=O) groups is 3. The van der Waals surface area contributed by atoms with Crippen LogP contribution in [0.4, 0.5) is 16.2 Å². The van der Waals surface area contributed by atoms with E-state index in [9.17, 15) is 24.5 Å². The molecule has 2 aromatic rings. The van der Waals surface area contributed by atoms with Gasteiger partial charge < -0.3 is 10.6 Å². The number of hydrogen-bond donors (Lipinski definition) is 2. The molecule has 2 N–H and O–H groups in total. The van der Waals surface area contributed by atoms with Crippen LogP contribution < -0.4 is 10.6 Å². The summed E-state index contributed by atoms with van der Waals surface area (Å²) >= 11 is 0. The average Bonchev–Trinajstić information content (AvgIpc) is 2.97. The van der Waals surface area contributed by atoms with Crippen LogP contribution in [-0.2, 0) is 15.1 Å². The summed E-state index contributed by atoms with van der Waals surface area (Å²) in [7, 11) is 0. The highest BCUT2D eigenvalue weighted by molar-refractivity contribution is 6.10. The van der Waals surface area contributed by atoms with E-state index in [4.69, 9.17) is 0 Å². The van der Waals surface area contributed by atoms with Crippen LogP contribution in [0.15, 0.2) is 42.5 Å². The molecule has 1 saturated heterocycles. The third kappa shape index (κ3) is 4.57. The van der Waals surface area contributed by atoms with Crippen molar-refractivity contribution in [1.82, 2.24) is 10.2 Å². The maximum Gasteiger partial charge on any atom is 0.325 e. The standard InChI is InChI=1S/C24H28N4O5/c1-14(2)18-7-6-8-19(15(3)4)21(18)25-20(29)13-27-22(30)24(5,26-23(27)31)16-9-11-17(12-10-16)28(32)33/h6-12,14-15H,13H2,1-5H3,(H,25,29)(H,26,31)/t24-/m1/s1. The van der Waals surface area contributed by atoms with Crippen LogP contribution in [0.25, 0.3) is 0 Å². The minimum atomic E-state index is -1.43. The molecule has 1 atom stereocenters. The molecule has 1 fully saturated rings. The van der Waals surface area contributed by atoms with Gasteiger partial charge in [-0.25, -0.2) is 4.79 Å². The highest BCUT2D eigenvalue weighted by atomic mass is 16.6. The van der Waals surface area contributed by atoms with Gasteiger partial charge in [-0.1, -0.05) is 45.9 Å². The molecule has 174 valence electrons. The first-order valence-electron chi connectivity index (χ1n) is 10.8. The molecule has 1 aliphatic rings. The Morgan fingerprint density at radius 1 is 1.06 bits per heavy atom. The van der Waals surface area contributed by atoms with E-state index in [-0.39, 0.29) is 17.5 Å². The predicted octanol–water partition coefficient (Wildman–Crippen LogP) is 4.25. The lowest BCUT2D eigenvalue weighted by Gasteiger charge is -2.23. The number of para-hydroxylation sites is 1. The maximum atomic E-state index is 13.1. The minimum absolute atomic E-state index is 0.125. The van der Waals surface area contributed by atoms with Gasteiger partial charge in [-0.15, -0.1) is 0 Å². The number of hydrogen-bond acceptors (Lipinski definition) is 5. The second-order valence-corrected chi connectivity index (χ2v) is 8.92. The number of urea groups is 1. The van der Waals surface area contributed by atoms with Crippen molar-refractivity contribution in [2.24, 2.45) is 0 Å². The summed E-state index contributed by atoms with van der Waals surface area (Å²) in [5.74, 6) is -0.749. The zero-order chi connectivity index (χ0) is 24.5. The van der Waals surface area contributed by atoms with E-state index < -0.39 is 34.9 Å². The second kappa shape index (κ2) is 9.01. The van der Waals surface area contributed by atoms with Crippen molar-refractivity contribution in [3.8, 4) is 0 Å². The molecule has 0 saturated carbocycles. The molecule has 4 amide bonds. The van der Waals surface area contributed by atoms with Gasteiger partial charge in [0.15, 0.2) is 0 Å². The number of anilines is 1. The highest BCUT2D eigenvalue weighted by Crippen LogP contribution is 2.33. The molecule has 3 rings (SSSR count). The van der Waals surface area contributed by atoms with Crippen LogP contribution in [0.3, 0.4) is 0 Å². The fraction of sp³-hybridized carbons (Fsp3) is 0.375. The highest BCUT2D eigenvalue weighted by Gasteiger charge is 2.49. The summed E-state index contributed by atoms with van der Waals surface area (Å²) in [6.07, 6.45) is 0. The van der Waals surface area contributed by atoms with E-state index in [1.807, 2.05) is 45.9 Å². The van der Waals surface area contributed by atoms with E-state index in [1.165, 1.54) is 31.2 Å². The lowest BCUT2D eigenvalue weighted by molar-refractivity contribution is -0.384. The number of nitrogens with zero attached hydrogens (tertiary/aromatic N) is 2. The van der Waals surface area contributed by atoms with Crippen molar-refractivity contribution in [3.05, 3.63) is 69.3 Å². The van der Waals surface area contributed by atoms with Gasteiger partial charge in [0.05, 0.1) is 4.92 Å². The number of rotatable bonds is 7. The molecular formula is C24H28N4O5. The van der Waals surface area contributed by atoms with Crippen molar-refractivity contribution < 1.29 is 19.3 Å². The van der Waals surface area contributed by atoms with Gasteiger partial charge in [0.2, 0.25) is 5.91 Å². The molecule has 1 heterocycles. The van der Waals surface area contributed by atoms with E-state index in [0.29, 0.717) is 11.3 Å². The molecule has 0 radical (unpaired) electrons. The fourth-order valence-corrected chi connectivity index (χ4v) is 3.97. The number of nitro groups is 1.